The fourth-order valence-corrected chi connectivity index (χ4v) is 7.55. The molecule has 2 atom stereocenters. The van der Waals surface area contributed by atoms with Gasteiger partial charge in [-0.05, 0) is 80.5 Å². The quantitative estimate of drug-likeness (QED) is 0.0947. The number of hydrogen-bond acceptors (Lipinski definition) is 8. The summed E-state index contributed by atoms with van der Waals surface area (Å²) >= 11 is 0. The number of fused-ring (bicyclic) bond motifs is 8. The first-order chi connectivity index (χ1) is 26.3. The number of unbranched alkanes of at least 4 members (excludes halogenated alkanes) is 2. The Bertz CT molecular complexity index is 2220. The van der Waals surface area contributed by atoms with Gasteiger partial charge in [0.2, 0.25) is 0 Å². The first-order valence-corrected chi connectivity index (χ1v) is 19.1. The number of hydrogen-bond donors (Lipinski definition) is 4. The lowest BCUT2D eigenvalue weighted by Gasteiger charge is -2.18. The molecule has 5 rings (SSSR count). The Balaban J connectivity index is 1.96. The highest BCUT2D eigenvalue weighted by atomic mass is 16.5. The number of carbonyl (C=O) groups excluding carboxylic acids is 3. The molecule has 8 bridgehead atoms. The number of H-pyrrole nitrogens is 2. The van der Waals surface area contributed by atoms with Gasteiger partial charge in [-0.1, -0.05) is 45.8 Å². The number of nitrogens with zero attached hydrogens (tertiary/aromatic N) is 2. The van der Waals surface area contributed by atoms with Gasteiger partial charge in [-0.3, -0.25) is 24.2 Å². The third kappa shape index (κ3) is 8.74. The minimum Gasteiger partial charge on any atom is -0.481 e. The average Bonchev–Trinajstić information content (AvgIpc) is 3.84. The zero-order chi connectivity index (χ0) is 40.0. The number of carboxylic acids is 1. The van der Waals surface area contributed by atoms with Gasteiger partial charge in [0.1, 0.15) is 0 Å². The van der Waals surface area contributed by atoms with E-state index >= 15 is 0 Å². The summed E-state index contributed by atoms with van der Waals surface area (Å²) < 4.78 is 10.2. The Morgan fingerprint density at radius 2 is 1.60 bits per heavy atom. The molecular formula is C43H53N5O7. The first kappa shape index (κ1) is 40.7. The number of carboxylic acid groups (broad SMARTS) is 1. The normalized spacial score (nSPS) is 15.4. The third-order valence-corrected chi connectivity index (χ3v) is 10.8. The summed E-state index contributed by atoms with van der Waals surface area (Å²) in [5, 5.41) is 12.0. The summed E-state index contributed by atoms with van der Waals surface area (Å²) in [6.07, 6.45) is 8.28. The van der Waals surface area contributed by atoms with Gasteiger partial charge in [0.05, 0.1) is 49.7 Å². The van der Waals surface area contributed by atoms with Gasteiger partial charge in [-0.25, -0.2) is 4.98 Å². The Morgan fingerprint density at radius 3 is 2.27 bits per heavy atom. The van der Waals surface area contributed by atoms with Crippen molar-refractivity contribution < 1.29 is 33.8 Å². The largest absolute Gasteiger partial charge is 0.481 e. The lowest BCUT2D eigenvalue weighted by Crippen LogP contribution is -2.27. The molecule has 2 aliphatic heterocycles. The molecule has 3 aromatic rings. The van der Waals surface area contributed by atoms with Crippen LogP contribution in [0.15, 0.2) is 24.3 Å². The van der Waals surface area contributed by atoms with Crippen molar-refractivity contribution in [3.8, 4) is 0 Å². The van der Waals surface area contributed by atoms with E-state index in [2.05, 4.69) is 61.2 Å². The first-order valence-electron chi connectivity index (χ1n) is 19.1. The van der Waals surface area contributed by atoms with Crippen LogP contribution in [0.1, 0.15) is 129 Å². The van der Waals surface area contributed by atoms with Gasteiger partial charge in [0, 0.05) is 63.7 Å². The van der Waals surface area contributed by atoms with Crippen LogP contribution in [0.25, 0.3) is 39.3 Å². The molecule has 2 aliphatic rings. The zero-order valence-corrected chi connectivity index (χ0v) is 33.2. The smallest absolute Gasteiger partial charge is 0.310 e. The molecule has 0 saturated heterocycles. The van der Waals surface area contributed by atoms with Crippen molar-refractivity contribution in [1.82, 2.24) is 25.3 Å². The van der Waals surface area contributed by atoms with Gasteiger partial charge in [-0.2, -0.15) is 0 Å². The fourth-order valence-electron chi connectivity index (χ4n) is 7.55. The van der Waals surface area contributed by atoms with Gasteiger partial charge in [0.25, 0.3) is 5.91 Å². The number of ether oxygens (including phenoxy) is 2. The average molecular weight is 752 g/mol. The summed E-state index contributed by atoms with van der Waals surface area (Å²) in [7, 11) is 2.65. The standard InChI is InChI=1S/C43H53N5O7/c1-9-11-12-13-14-28-24(4)31-20-33-25(5)29(15-16-38(51)54-7)41(47-33)30(19-39(52)55-8)42-40(43(53)44-18-17-37(49)50)26(6)34(48-42)22-35-27(10-2)23(3)32(45-35)21-36(28)46-31/h13-14,20-22,25,29,45-46H,9-12,15-19H2,1-8H3,(H,44,53)(H,49,50)/b14-13+,31-20?,32-21?,33-20?,34-22?,35-22?,36-21?,41-30?,42-30?/t25-,29-/m0/s1. The van der Waals surface area contributed by atoms with Crippen molar-refractivity contribution in [2.75, 3.05) is 20.8 Å². The fraction of sp³-hybridized carbons (Fsp3) is 0.442. The minimum absolute atomic E-state index is 0.0989. The maximum absolute atomic E-state index is 14.0. The topological polar surface area (TPSA) is 176 Å². The van der Waals surface area contributed by atoms with E-state index in [4.69, 9.17) is 19.4 Å². The minimum atomic E-state index is -1.05. The number of aliphatic carboxylic acids is 1. The SMILES string of the molecule is CCCC/C=C/c1c(C)c2cc3nc(c(CC(=O)OC)c4nc(cc5[nH]c(cc1[nH]2)c(C)c5CC)C(C)=C4C(=O)NCCC(=O)O)[C@@H](CCC(=O)OC)[C@@H]3C. The molecule has 1 amide bonds. The molecule has 0 fully saturated rings. The summed E-state index contributed by atoms with van der Waals surface area (Å²) in [5.41, 5.74) is 11.2. The van der Waals surface area contributed by atoms with Gasteiger partial charge >= 0.3 is 17.9 Å². The highest BCUT2D eigenvalue weighted by Crippen LogP contribution is 2.44. The van der Waals surface area contributed by atoms with Crippen molar-refractivity contribution in [2.24, 2.45) is 0 Å². The lowest BCUT2D eigenvalue weighted by atomic mass is 9.84. The zero-order valence-electron chi connectivity index (χ0n) is 33.2. The molecule has 0 aliphatic carbocycles. The van der Waals surface area contributed by atoms with Crippen LogP contribution in [0, 0.1) is 13.8 Å². The molecule has 0 radical (unpaired) electrons. The number of nitrogens with one attached hydrogen (secondary N) is 3. The summed E-state index contributed by atoms with van der Waals surface area (Å²) in [5.74, 6) is -3.03. The van der Waals surface area contributed by atoms with Crippen molar-refractivity contribution in [3.05, 3.63) is 74.9 Å². The van der Waals surface area contributed by atoms with Crippen molar-refractivity contribution in [2.45, 2.75) is 105 Å². The predicted octanol–water partition coefficient (Wildman–Crippen LogP) is 7.78. The van der Waals surface area contributed by atoms with E-state index in [9.17, 15) is 24.3 Å². The third-order valence-electron chi connectivity index (χ3n) is 10.8. The van der Waals surface area contributed by atoms with E-state index in [-0.39, 0.29) is 54.9 Å². The van der Waals surface area contributed by atoms with Gasteiger partial charge < -0.3 is 29.9 Å². The summed E-state index contributed by atoms with van der Waals surface area (Å²) in [4.78, 5) is 68.7. The number of amides is 1. The van der Waals surface area contributed by atoms with E-state index in [1.807, 2.05) is 19.1 Å². The van der Waals surface area contributed by atoms with Crippen LogP contribution >= 0.6 is 0 Å². The van der Waals surface area contributed by atoms with Crippen LogP contribution in [0.4, 0.5) is 0 Å². The van der Waals surface area contributed by atoms with Crippen LogP contribution in [0.3, 0.4) is 0 Å². The van der Waals surface area contributed by atoms with Crippen LogP contribution in [-0.4, -0.2) is 69.6 Å². The Hall–Kier alpha value is -5.52. The number of rotatable bonds is 14. The summed E-state index contributed by atoms with van der Waals surface area (Å²) in [6.45, 7) is 12.2. The molecule has 3 aromatic heterocycles. The maximum atomic E-state index is 14.0. The Morgan fingerprint density at radius 1 is 0.891 bits per heavy atom. The molecule has 0 aromatic carbocycles. The van der Waals surface area contributed by atoms with Gasteiger partial charge in [0.15, 0.2) is 0 Å². The molecule has 292 valence electrons. The second-order valence-electron chi connectivity index (χ2n) is 14.3. The van der Waals surface area contributed by atoms with Crippen LogP contribution < -0.4 is 5.32 Å². The molecule has 0 unspecified atom stereocenters. The van der Waals surface area contributed by atoms with Crippen LogP contribution in [-0.2, 0) is 41.5 Å². The van der Waals surface area contributed by atoms with Crippen LogP contribution in [0.5, 0.6) is 0 Å². The predicted molar refractivity (Wildman–Crippen MR) is 214 cm³/mol. The van der Waals surface area contributed by atoms with E-state index < -0.39 is 17.8 Å². The second-order valence-corrected chi connectivity index (χ2v) is 14.3. The Labute approximate surface area is 321 Å². The molecule has 12 nitrogen and oxygen atoms in total. The van der Waals surface area contributed by atoms with Crippen LogP contribution in [0.2, 0.25) is 0 Å². The second kappa shape index (κ2) is 17.7. The molecular weight excluding hydrogens is 699 g/mol. The van der Waals surface area contributed by atoms with Crippen molar-refractivity contribution >= 4 is 63.1 Å². The summed E-state index contributed by atoms with van der Waals surface area (Å²) in [6, 6.07) is 6.10. The van der Waals surface area contributed by atoms with E-state index in [0.717, 1.165) is 75.7 Å². The van der Waals surface area contributed by atoms with Gasteiger partial charge in [-0.15, -0.1) is 0 Å². The molecule has 55 heavy (non-hydrogen) atoms. The molecule has 0 saturated carbocycles. The Kier molecular flexibility index (Phi) is 13.1. The molecule has 4 N–H and O–H groups in total. The highest BCUT2D eigenvalue weighted by molar-refractivity contribution is 6.27. The monoisotopic (exact) mass is 751 g/mol. The van der Waals surface area contributed by atoms with E-state index in [1.54, 1.807) is 6.92 Å². The molecule has 12 heteroatoms. The number of methoxy groups -OCH3 is 2. The maximum Gasteiger partial charge on any atom is 0.310 e. The van der Waals surface area contributed by atoms with E-state index in [1.165, 1.54) is 14.2 Å². The number of allylic oxidation sites excluding steroid dienone is 2. The molecule has 0 spiro atoms. The van der Waals surface area contributed by atoms with Crippen molar-refractivity contribution in [3.63, 3.8) is 0 Å². The highest BCUT2D eigenvalue weighted by Gasteiger charge is 2.36. The number of esters is 2. The number of aromatic nitrogens is 4. The van der Waals surface area contributed by atoms with Crippen molar-refractivity contribution in [1.29, 1.82) is 0 Å². The number of carbonyl (C=O) groups is 4. The lowest BCUT2D eigenvalue weighted by molar-refractivity contribution is -0.141. The molecule has 5 heterocycles. The number of aryl methyl sites for hydroxylation is 3. The van der Waals surface area contributed by atoms with E-state index in [0.29, 0.717) is 28.9 Å². The number of aromatic amines is 2.